The average molecular weight is 340 g/mol. The van der Waals surface area contributed by atoms with Gasteiger partial charge in [0, 0.05) is 30.3 Å². The number of nitrogens with one attached hydrogen (secondary N) is 1. The fraction of sp³-hybridized carbons (Fsp3) is 0.300. The Morgan fingerprint density at radius 3 is 2.36 bits per heavy atom. The van der Waals surface area contributed by atoms with E-state index in [2.05, 4.69) is 5.32 Å². The molecule has 130 valence electrons. The Balaban J connectivity index is 1.54. The highest BCUT2D eigenvalue weighted by Gasteiger charge is 2.24. The third-order valence-corrected chi connectivity index (χ3v) is 4.49. The normalized spacial score (nSPS) is 15.0. The molecule has 0 radical (unpaired) electrons. The molecule has 25 heavy (non-hydrogen) atoms. The quantitative estimate of drug-likeness (QED) is 0.933. The Kier molecular flexibility index (Phi) is 5.12. The number of likely N-dealkylation sites (tertiary alicyclic amines) is 1. The van der Waals surface area contributed by atoms with E-state index in [1.54, 1.807) is 0 Å². The van der Waals surface area contributed by atoms with Crippen LogP contribution in [0.5, 0.6) is 0 Å². The van der Waals surface area contributed by atoms with Crippen LogP contribution in [0.4, 0.5) is 4.39 Å². The van der Waals surface area contributed by atoms with Gasteiger partial charge in [-0.15, -0.1) is 0 Å². The van der Waals surface area contributed by atoms with Gasteiger partial charge in [0.2, 0.25) is 0 Å². The zero-order chi connectivity index (χ0) is 17.8. The predicted molar refractivity (Wildman–Crippen MR) is 94.0 cm³/mol. The number of carbonyl (C=O) groups excluding carboxylic acids is 2. The molecule has 2 amide bonds. The van der Waals surface area contributed by atoms with Crippen LogP contribution in [0, 0.1) is 12.7 Å². The fourth-order valence-corrected chi connectivity index (χ4v) is 3.06. The number of nitrogens with zero attached hydrogens (tertiary/aromatic N) is 1. The molecule has 1 aliphatic heterocycles. The lowest BCUT2D eigenvalue weighted by molar-refractivity contribution is 0.0698. The fourth-order valence-electron chi connectivity index (χ4n) is 3.06. The number of aryl methyl sites for hydroxylation is 1. The Morgan fingerprint density at radius 2 is 1.72 bits per heavy atom. The molecule has 3 rings (SSSR count). The van der Waals surface area contributed by atoms with Gasteiger partial charge in [0.05, 0.1) is 0 Å². The van der Waals surface area contributed by atoms with E-state index in [0.717, 1.165) is 5.56 Å². The summed E-state index contributed by atoms with van der Waals surface area (Å²) in [4.78, 5) is 26.6. The first kappa shape index (κ1) is 17.1. The van der Waals surface area contributed by atoms with Crippen LogP contribution < -0.4 is 5.32 Å². The zero-order valence-corrected chi connectivity index (χ0v) is 14.2. The van der Waals surface area contributed by atoms with Gasteiger partial charge in [0.25, 0.3) is 11.8 Å². The van der Waals surface area contributed by atoms with Gasteiger partial charge >= 0.3 is 0 Å². The number of amides is 2. The molecule has 0 spiro atoms. The topological polar surface area (TPSA) is 49.4 Å². The van der Waals surface area contributed by atoms with Crippen LogP contribution in [0.15, 0.2) is 48.5 Å². The van der Waals surface area contributed by atoms with Crippen molar-refractivity contribution >= 4 is 11.8 Å². The molecule has 1 fully saturated rings. The van der Waals surface area contributed by atoms with Crippen molar-refractivity contribution in [2.45, 2.75) is 25.8 Å². The second-order valence-corrected chi connectivity index (χ2v) is 6.42. The first-order valence-corrected chi connectivity index (χ1v) is 8.45. The van der Waals surface area contributed by atoms with Gasteiger partial charge in [-0.2, -0.15) is 0 Å². The molecule has 0 atom stereocenters. The molecule has 1 N–H and O–H groups in total. The van der Waals surface area contributed by atoms with Gasteiger partial charge < -0.3 is 10.2 Å². The Hall–Kier alpha value is -2.69. The Bertz CT molecular complexity index is 766. The first-order valence-electron chi connectivity index (χ1n) is 8.45. The van der Waals surface area contributed by atoms with Crippen LogP contribution in [-0.4, -0.2) is 35.8 Å². The van der Waals surface area contributed by atoms with Crippen molar-refractivity contribution in [1.29, 1.82) is 0 Å². The highest BCUT2D eigenvalue weighted by molar-refractivity contribution is 5.95. The SMILES string of the molecule is Cc1cccc(C(=O)N2CCC(NC(=O)c3ccc(F)cc3)CC2)c1. The monoisotopic (exact) mass is 340 g/mol. The maximum atomic E-state index is 12.9. The number of rotatable bonds is 3. The Morgan fingerprint density at radius 1 is 1.04 bits per heavy atom. The summed E-state index contributed by atoms with van der Waals surface area (Å²) < 4.78 is 12.9. The van der Waals surface area contributed by atoms with Crippen LogP contribution in [0.25, 0.3) is 0 Å². The van der Waals surface area contributed by atoms with Crippen molar-refractivity contribution < 1.29 is 14.0 Å². The number of hydrogen-bond donors (Lipinski definition) is 1. The maximum absolute atomic E-state index is 12.9. The molecule has 1 saturated heterocycles. The van der Waals surface area contributed by atoms with E-state index in [9.17, 15) is 14.0 Å². The van der Waals surface area contributed by atoms with E-state index >= 15 is 0 Å². The van der Waals surface area contributed by atoms with Crippen LogP contribution in [-0.2, 0) is 0 Å². The van der Waals surface area contributed by atoms with E-state index in [0.29, 0.717) is 37.1 Å². The third kappa shape index (κ3) is 4.24. The molecule has 4 nitrogen and oxygen atoms in total. The van der Waals surface area contributed by atoms with Gasteiger partial charge in [0.1, 0.15) is 5.82 Å². The van der Waals surface area contributed by atoms with Gasteiger partial charge in [-0.05, 0) is 56.2 Å². The summed E-state index contributed by atoms with van der Waals surface area (Å²) in [6.45, 7) is 3.19. The van der Waals surface area contributed by atoms with E-state index in [1.165, 1.54) is 24.3 Å². The summed E-state index contributed by atoms with van der Waals surface area (Å²) in [6.07, 6.45) is 1.43. The molecule has 0 saturated carbocycles. The summed E-state index contributed by atoms with van der Waals surface area (Å²) in [5.74, 6) is -0.532. The van der Waals surface area contributed by atoms with Crippen LogP contribution in [0.1, 0.15) is 39.1 Å². The molecule has 2 aromatic rings. The molecule has 1 aliphatic rings. The number of halogens is 1. The summed E-state index contributed by atoms with van der Waals surface area (Å²) in [7, 11) is 0. The standard InChI is InChI=1S/C20H21FN2O2/c1-14-3-2-4-16(13-14)20(25)23-11-9-18(10-12-23)22-19(24)15-5-7-17(21)8-6-15/h2-8,13,18H,9-12H2,1H3,(H,22,24). The summed E-state index contributed by atoms with van der Waals surface area (Å²) in [6, 6.07) is 13.1. The van der Waals surface area contributed by atoms with Crippen LogP contribution in [0.2, 0.25) is 0 Å². The van der Waals surface area contributed by atoms with Crippen LogP contribution >= 0.6 is 0 Å². The van der Waals surface area contributed by atoms with Crippen molar-refractivity contribution in [2.75, 3.05) is 13.1 Å². The molecule has 0 unspecified atom stereocenters. The Labute approximate surface area is 146 Å². The largest absolute Gasteiger partial charge is 0.349 e. The lowest BCUT2D eigenvalue weighted by Crippen LogP contribution is -2.46. The minimum atomic E-state index is -0.362. The molecule has 2 aromatic carbocycles. The molecular weight excluding hydrogens is 319 g/mol. The average Bonchev–Trinajstić information content (AvgIpc) is 2.62. The molecule has 0 aromatic heterocycles. The van der Waals surface area contributed by atoms with Gasteiger partial charge in [-0.3, -0.25) is 9.59 Å². The molecule has 5 heteroatoms. The molecule has 1 heterocycles. The molecule has 0 bridgehead atoms. The number of carbonyl (C=O) groups is 2. The molecule has 0 aliphatic carbocycles. The summed E-state index contributed by atoms with van der Waals surface area (Å²) >= 11 is 0. The maximum Gasteiger partial charge on any atom is 0.253 e. The highest BCUT2D eigenvalue weighted by Crippen LogP contribution is 2.15. The number of benzene rings is 2. The van der Waals surface area contributed by atoms with E-state index in [4.69, 9.17) is 0 Å². The van der Waals surface area contributed by atoms with Crippen molar-refractivity contribution in [3.05, 3.63) is 71.0 Å². The van der Waals surface area contributed by atoms with E-state index in [-0.39, 0.29) is 23.7 Å². The smallest absolute Gasteiger partial charge is 0.253 e. The van der Waals surface area contributed by atoms with Gasteiger partial charge in [-0.1, -0.05) is 17.7 Å². The second-order valence-electron chi connectivity index (χ2n) is 6.42. The zero-order valence-electron chi connectivity index (χ0n) is 14.2. The number of hydrogen-bond acceptors (Lipinski definition) is 2. The third-order valence-electron chi connectivity index (χ3n) is 4.49. The van der Waals surface area contributed by atoms with Gasteiger partial charge in [-0.25, -0.2) is 4.39 Å². The summed E-state index contributed by atoms with van der Waals surface area (Å²) in [5.41, 5.74) is 2.21. The lowest BCUT2D eigenvalue weighted by atomic mass is 10.0. The predicted octanol–water partition coefficient (Wildman–Crippen LogP) is 3.17. The van der Waals surface area contributed by atoms with Crippen molar-refractivity contribution in [3.8, 4) is 0 Å². The van der Waals surface area contributed by atoms with Crippen molar-refractivity contribution in [1.82, 2.24) is 10.2 Å². The highest BCUT2D eigenvalue weighted by atomic mass is 19.1. The van der Waals surface area contributed by atoms with Crippen LogP contribution in [0.3, 0.4) is 0 Å². The first-order chi connectivity index (χ1) is 12.0. The van der Waals surface area contributed by atoms with E-state index < -0.39 is 0 Å². The number of piperidine rings is 1. The van der Waals surface area contributed by atoms with Crippen molar-refractivity contribution in [2.24, 2.45) is 0 Å². The van der Waals surface area contributed by atoms with Crippen molar-refractivity contribution in [3.63, 3.8) is 0 Å². The van der Waals surface area contributed by atoms with E-state index in [1.807, 2.05) is 36.1 Å². The molecular formula is C20H21FN2O2. The van der Waals surface area contributed by atoms with Gasteiger partial charge in [0.15, 0.2) is 0 Å². The summed E-state index contributed by atoms with van der Waals surface area (Å²) in [5, 5.41) is 2.96. The lowest BCUT2D eigenvalue weighted by Gasteiger charge is -2.32. The minimum Gasteiger partial charge on any atom is -0.349 e. The second kappa shape index (κ2) is 7.47. The minimum absolute atomic E-state index is 0.0270.